The zero-order chi connectivity index (χ0) is 14.8. The van der Waals surface area contributed by atoms with Crippen LogP contribution in [0, 0.1) is 0 Å². The average Bonchev–Trinajstić information content (AvgIpc) is 2.97. The molecule has 0 bridgehead atoms. The Kier molecular flexibility index (Phi) is 4.96. The van der Waals surface area contributed by atoms with Crippen LogP contribution in [0.4, 0.5) is 0 Å². The first-order valence-corrected chi connectivity index (χ1v) is 7.46. The third-order valence-electron chi connectivity index (χ3n) is 3.63. The van der Waals surface area contributed by atoms with Crippen molar-refractivity contribution in [1.82, 2.24) is 0 Å². The molecule has 0 radical (unpaired) electrons. The summed E-state index contributed by atoms with van der Waals surface area (Å²) in [4.78, 5) is 0. The molecule has 0 N–H and O–H groups in total. The number of rotatable bonds is 5. The van der Waals surface area contributed by atoms with Crippen LogP contribution in [-0.2, 0) is 28.4 Å². The van der Waals surface area contributed by atoms with E-state index in [9.17, 15) is 0 Å². The minimum Gasteiger partial charge on any atom is -0.349 e. The second kappa shape index (κ2) is 6.75. The lowest BCUT2D eigenvalue weighted by atomic mass is 9.98. The summed E-state index contributed by atoms with van der Waals surface area (Å²) in [5.41, 5.74) is 0. The van der Waals surface area contributed by atoms with Crippen LogP contribution in [0.15, 0.2) is 25.3 Å². The van der Waals surface area contributed by atoms with E-state index in [-0.39, 0.29) is 24.4 Å². The number of ether oxygens (including phenoxy) is 6. The van der Waals surface area contributed by atoms with Crippen LogP contribution in [0.25, 0.3) is 0 Å². The zero-order valence-electron chi connectivity index (χ0n) is 11.6. The van der Waals surface area contributed by atoms with Gasteiger partial charge in [0.05, 0.1) is 13.2 Å². The maximum Gasteiger partial charge on any atom is 0.187 e. The monoisotopic (exact) mass is 318 g/mol. The van der Waals surface area contributed by atoms with Crippen molar-refractivity contribution in [3.05, 3.63) is 25.3 Å². The lowest BCUT2D eigenvalue weighted by Crippen LogP contribution is -2.62. The van der Waals surface area contributed by atoms with Gasteiger partial charge in [-0.1, -0.05) is 13.2 Å². The van der Waals surface area contributed by atoms with Crippen molar-refractivity contribution in [3.8, 4) is 0 Å². The lowest BCUT2D eigenvalue weighted by molar-refractivity contribution is -0.334. The lowest BCUT2D eigenvalue weighted by Gasteiger charge is -2.45. The Morgan fingerprint density at radius 2 is 1.71 bits per heavy atom. The van der Waals surface area contributed by atoms with E-state index in [0.29, 0.717) is 19.1 Å². The summed E-state index contributed by atoms with van der Waals surface area (Å²) in [6, 6.07) is 0. The zero-order valence-corrected chi connectivity index (χ0v) is 12.3. The molecule has 0 amide bonds. The van der Waals surface area contributed by atoms with E-state index < -0.39 is 18.9 Å². The van der Waals surface area contributed by atoms with Crippen molar-refractivity contribution in [1.29, 1.82) is 0 Å². The number of hydrogen-bond acceptors (Lipinski definition) is 6. The molecule has 3 aliphatic rings. The molecule has 0 aromatic rings. The smallest absolute Gasteiger partial charge is 0.187 e. The molecule has 0 aliphatic carbocycles. The van der Waals surface area contributed by atoms with Crippen molar-refractivity contribution in [2.24, 2.45) is 0 Å². The van der Waals surface area contributed by atoms with E-state index in [1.165, 1.54) is 0 Å². The molecule has 0 aromatic heterocycles. The quantitative estimate of drug-likeness (QED) is 0.561. The molecule has 6 nitrogen and oxygen atoms in total. The maximum absolute atomic E-state index is 5.89. The van der Waals surface area contributed by atoms with Crippen molar-refractivity contribution in [3.63, 3.8) is 0 Å². The Morgan fingerprint density at radius 3 is 2.43 bits per heavy atom. The Hall–Kier alpha value is -0.470. The van der Waals surface area contributed by atoms with Crippen LogP contribution >= 0.6 is 11.6 Å². The minimum atomic E-state index is -0.563. The standard InChI is InChI=1S/C14H19ClO6/c1-3-9-17-7-8-11(19-9)12-13(21-10(4-2)20-12)14(18-8)16-6-5-15/h3-4,8-14H,1-2,5-7H2/t8-,9?,10?,11-,12+,13-,14+/m0/s1. The average molecular weight is 319 g/mol. The summed E-state index contributed by atoms with van der Waals surface area (Å²) in [6.07, 6.45) is 0.382. The van der Waals surface area contributed by atoms with Crippen LogP contribution < -0.4 is 0 Å². The van der Waals surface area contributed by atoms with Gasteiger partial charge in [-0.2, -0.15) is 0 Å². The fourth-order valence-electron chi connectivity index (χ4n) is 2.73. The second-order valence-corrected chi connectivity index (χ2v) is 5.32. The molecule has 3 heterocycles. The fourth-order valence-corrected chi connectivity index (χ4v) is 2.82. The number of halogens is 1. The summed E-state index contributed by atoms with van der Waals surface area (Å²) >= 11 is 5.67. The van der Waals surface area contributed by atoms with E-state index in [1.54, 1.807) is 12.2 Å². The Balaban J connectivity index is 1.76. The van der Waals surface area contributed by atoms with Crippen LogP contribution in [0.1, 0.15) is 0 Å². The first-order valence-electron chi connectivity index (χ1n) is 6.93. The third-order valence-corrected chi connectivity index (χ3v) is 3.79. The third kappa shape index (κ3) is 3.03. The second-order valence-electron chi connectivity index (χ2n) is 4.95. The van der Waals surface area contributed by atoms with Crippen molar-refractivity contribution >= 4 is 11.6 Å². The first kappa shape index (κ1) is 15.4. The Labute approximate surface area is 128 Å². The van der Waals surface area contributed by atoms with E-state index >= 15 is 0 Å². The number of hydrogen-bond donors (Lipinski definition) is 0. The van der Waals surface area contributed by atoms with Crippen molar-refractivity contribution < 1.29 is 28.4 Å². The Bertz CT molecular complexity index is 392. The summed E-state index contributed by atoms with van der Waals surface area (Å²) in [7, 11) is 0. The molecule has 0 saturated carbocycles. The van der Waals surface area contributed by atoms with Crippen molar-refractivity contribution in [2.45, 2.75) is 43.3 Å². The Morgan fingerprint density at radius 1 is 1.00 bits per heavy atom. The molecule has 3 fully saturated rings. The van der Waals surface area contributed by atoms with Gasteiger partial charge in [-0.3, -0.25) is 0 Å². The fraction of sp³-hybridized carbons (Fsp3) is 0.714. The molecular formula is C14H19ClO6. The highest BCUT2D eigenvalue weighted by atomic mass is 35.5. The SMILES string of the molecule is C=CC1O[C@H]2[C@H](O1)[C@H](OCCCl)O[C@H]1COC(C=C)O[C@H]21. The molecule has 118 valence electrons. The predicted molar refractivity (Wildman–Crippen MR) is 73.9 cm³/mol. The van der Waals surface area contributed by atoms with Crippen molar-refractivity contribution in [2.75, 3.05) is 19.1 Å². The van der Waals surface area contributed by atoms with Gasteiger partial charge in [0.2, 0.25) is 0 Å². The van der Waals surface area contributed by atoms with Crippen LogP contribution in [0.5, 0.6) is 0 Å². The highest BCUT2D eigenvalue weighted by molar-refractivity contribution is 6.17. The molecule has 2 unspecified atom stereocenters. The van der Waals surface area contributed by atoms with Gasteiger partial charge in [0.1, 0.15) is 24.4 Å². The molecule has 0 aromatic carbocycles. The molecule has 21 heavy (non-hydrogen) atoms. The summed E-state index contributed by atoms with van der Waals surface area (Å²) in [5, 5.41) is 0. The van der Waals surface area contributed by atoms with Gasteiger partial charge in [0.25, 0.3) is 0 Å². The number of alkyl halides is 1. The molecule has 7 atom stereocenters. The molecule has 3 saturated heterocycles. The van der Waals surface area contributed by atoms with Gasteiger partial charge in [-0.25, -0.2) is 0 Å². The highest BCUT2D eigenvalue weighted by Crippen LogP contribution is 2.37. The summed E-state index contributed by atoms with van der Waals surface area (Å²) < 4.78 is 34.4. The summed E-state index contributed by atoms with van der Waals surface area (Å²) in [5.74, 6) is 0.378. The van der Waals surface area contributed by atoms with Crippen LogP contribution in [0.3, 0.4) is 0 Å². The minimum absolute atomic E-state index is 0.282. The molecule has 7 heteroatoms. The van der Waals surface area contributed by atoms with Gasteiger partial charge < -0.3 is 28.4 Å². The molecule has 3 rings (SSSR count). The van der Waals surface area contributed by atoms with Gasteiger partial charge >= 0.3 is 0 Å². The van der Waals surface area contributed by atoms with Gasteiger partial charge in [0, 0.05) is 5.88 Å². The largest absolute Gasteiger partial charge is 0.349 e. The van der Waals surface area contributed by atoms with E-state index in [0.717, 1.165) is 0 Å². The normalized spacial score (nSPS) is 45.7. The topological polar surface area (TPSA) is 55.4 Å². The molecular weight excluding hydrogens is 300 g/mol. The van der Waals surface area contributed by atoms with Gasteiger partial charge in [-0.15, -0.1) is 11.6 Å². The van der Waals surface area contributed by atoms with Gasteiger partial charge in [0.15, 0.2) is 18.9 Å². The predicted octanol–water partition coefficient (Wildman–Crippen LogP) is 1.19. The molecule has 0 spiro atoms. The maximum atomic E-state index is 5.89. The number of fused-ring (bicyclic) bond motifs is 3. The molecule has 3 aliphatic heterocycles. The van der Waals surface area contributed by atoms with E-state index in [4.69, 9.17) is 40.0 Å². The van der Waals surface area contributed by atoms with E-state index in [1.807, 2.05) is 0 Å². The highest BCUT2D eigenvalue weighted by Gasteiger charge is 2.55. The van der Waals surface area contributed by atoms with Crippen LogP contribution in [0.2, 0.25) is 0 Å². The van der Waals surface area contributed by atoms with E-state index in [2.05, 4.69) is 13.2 Å². The summed E-state index contributed by atoms with van der Waals surface area (Å²) in [6.45, 7) is 8.11. The van der Waals surface area contributed by atoms with Gasteiger partial charge in [-0.05, 0) is 12.2 Å². The first-order chi connectivity index (χ1) is 10.3. The van der Waals surface area contributed by atoms with Crippen LogP contribution in [-0.4, -0.2) is 62.4 Å².